The van der Waals surface area contributed by atoms with E-state index < -0.39 is 35.3 Å². The Morgan fingerprint density at radius 3 is 2.30 bits per heavy atom. The van der Waals surface area contributed by atoms with Crippen LogP contribution in [-0.4, -0.2) is 35.6 Å². The molecule has 0 aromatic heterocycles. The Bertz CT molecular complexity index is 1000. The lowest BCUT2D eigenvalue weighted by molar-refractivity contribution is -0.137. The van der Waals surface area contributed by atoms with E-state index in [1.165, 1.54) is 25.3 Å². The number of thioether (sulfide) groups is 1. The molecule has 3 amide bonds. The molecule has 156 valence electrons. The van der Waals surface area contributed by atoms with Crippen molar-refractivity contribution in [2.45, 2.75) is 6.18 Å². The van der Waals surface area contributed by atoms with Gasteiger partial charge < -0.3 is 10.1 Å². The van der Waals surface area contributed by atoms with E-state index in [9.17, 15) is 27.6 Å². The van der Waals surface area contributed by atoms with Gasteiger partial charge in [-0.2, -0.15) is 13.2 Å². The molecule has 0 saturated carbocycles. The number of amides is 3. The maximum absolute atomic E-state index is 12.6. The maximum Gasteiger partial charge on any atom is 0.416 e. The second-order valence-electron chi connectivity index (χ2n) is 6.16. The van der Waals surface area contributed by atoms with E-state index in [1.807, 2.05) is 0 Å². The quantitative estimate of drug-likeness (QED) is 0.704. The summed E-state index contributed by atoms with van der Waals surface area (Å²) in [6, 6.07) is 10.7. The van der Waals surface area contributed by atoms with Crippen molar-refractivity contribution in [2.24, 2.45) is 0 Å². The van der Waals surface area contributed by atoms with Gasteiger partial charge in [0.1, 0.15) is 12.3 Å². The topological polar surface area (TPSA) is 75.7 Å². The van der Waals surface area contributed by atoms with Gasteiger partial charge in [-0.15, -0.1) is 0 Å². The predicted molar refractivity (Wildman–Crippen MR) is 106 cm³/mol. The number of nitrogens with zero attached hydrogens (tertiary/aromatic N) is 1. The molecule has 2 aromatic rings. The van der Waals surface area contributed by atoms with Gasteiger partial charge in [0.2, 0.25) is 5.91 Å². The van der Waals surface area contributed by atoms with E-state index in [-0.39, 0.29) is 4.91 Å². The minimum absolute atomic E-state index is 0.0250. The fourth-order valence-electron chi connectivity index (χ4n) is 2.57. The van der Waals surface area contributed by atoms with Gasteiger partial charge in [-0.25, -0.2) is 0 Å². The highest BCUT2D eigenvalue weighted by Gasteiger charge is 2.36. The zero-order valence-corrected chi connectivity index (χ0v) is 16.3. The lowest BCUT2D eigenvalue weighted by Gasteiger charge is -2.12. The molecule has 0 radical (unpaired) electrons. The van der Waals surface area contributed by atoms with E-state index in [2.05, 4.69) is 5.32 Å². The normalized spacial score (nSPS) is 15.6. The molecule has 30 heavy (non-hydrogen) atoms. The molecule has 2 aromatic carbocycles. The number of hydrogen-bond acceptors (Lipinski definition) is 5. The van der Waals surface area contributed by atoms with Crippen LogP contribution in [0.3, 0.4) is 0 Å². The molecule has 1 N–H and O–H groups in total. The molecule has 10 heteroatoms. The molecule has 1 fully saturated rings. The summed E-state index contributed by atoms with van der Waals surface area (Å²) in [7, 11) is 1.51. The second-order valence-corrected chi connectivity index (χ2v) is 7.16. The predicted octanol–water partition coefficient (Wildman–Crippen LogP) is 4.39. The summed E-state index contributed by atoms with van der Waals surface area (Å²) >= 11 is 0.619. The molecular formula is C20H15F3N2O4S. The summed E-state index contributed by atoms with van der Waals surface area (Å²) in [5, 5.41) is 1.93. The van der Waals surface area contributed by atoms with Gasteiger partial charge in [0.15, 0.2) is 0 Å². The summed E-state index contributed by atoms with van der Waals surface area (Å²) in [6.45, 7) is -0.485. The Morgan fingerprint density at radius 2 is 1.73 bits per heavy atom. The van der Waals surface area contributed by atoms with Crippen LogP contribution in [0.25, 0.3) is 6.08 Å². The van der Waals surface area contributed by atoms with E-state index >= 15 is 0 Å². The standard InChI is InChI=1S/C20H15F3N2O4S/c1-29-15-8-6-14(7-9-15)24-17(26)11-25-18(27)16(30-19(25)28)10-12-2-4-13(5-3-12)20(21,22)23/h2-10H,11H2,1H3,(H,24,26)/b16-10-. The fraction of sp³-hybridized carbons (Fsp3) is 0.150. The summed E-state index contributed by atoms with van der Waals surface area (Å²) < 4.78 is 42.9. The van der Waals surface area contributed by atoms with E-state index in [0.717, 1.165) is 17.0 Å². The molecule has 0 aliphatic carbocycles. The highest BCUT2D eigenvalue weighted by atomic mass is 32.2. The zero-order chi connectivity index (χ0) is 21.9. The number of carbonyl (C=O) groups is 3. The Kier molecular flexibility index (Phi) is 6.16. The monoisotopic (exact) mass is 436 g/mol. The third-order valence-electron chi connectivity index (χ3n) is 4.08. The van der Waals surface area contributed by atoms with E-state index in [4.69, 9.17) is 4.74 Å². The zero-order valence-electron chi connectivity index (χ0n) is 15.5. The minimum atomic E-state index is -4.46. The first-order valence-electron chi connectivity index (χ1n) is 8.54. The number of carbonyl (C=O) groups excluding carboxylic acids is 3. The molecule has 1 heterocycles. The summed E-state index contributed by atoms with van der Waals surface area (Å²) in [5.41, 5.74) is -0.0211. The van der Waals surface area contributed by atoms with Gasteiger partial charge in [-0.1, -0.05) is 12.1 Å². The Balaban J connectivity index is 1.66. The first-order valence-corrected chi connectivity index (χ1v) is 9.35. The number of nitrogens with one attached hydrogen (secondary N) is 1. The van der Waals surface area contributed by atoms with Crippen molar-refractivity contribution < 1.29 is 32.3 Å². The highest BCUT2D eigenvalue weighted by molar-refractivity contribution is 8.18. The summed E-state index contributed by atoms with van der Waals surface area (Å²) in [4.78, 5) is 37.6. The molecule has 3 rings (SSSR count). The average molecular weight is 436 g/mol. The molecule has 0 bridgehead atoms. The molecule has 1 aliphatic heterocycles. The van der Waals surface area contributed by atoms with Gasteiger partial charge >= 0.3 is 6.18 Å². The lowest BCUT2D eigenvalue weighted by Crippen LogP contribution is -2.36. The summed E-state index contributed by atoms with van der Waals surface area (Å²) in [6.07, 6.45) is -3.15. The van der Waals surface area contributed by atoms with Crippen molar-refractivity contribution in [1.29, 1.82) is 0 Å². The highest BCUT2D eigenvalue weighted by Crippen LogP contribution is 2.33. The molecule has 1 saturated heterocycles. The van der Waals surface area contributed by atoms with E-state index in [0.29, 0.717) is 28.8 Å². The second kappa shape index (κ2) is 8.62. The van der Waals surface area contributed by atoms with Crippen molar-refractivity contribution in [3.8, 4) is 5.75 Å². The van der Waals surface area contributed by atoms with Gasteiger partial charge in [0, 0.05) is 5.69 Å². The Labute approximate surface area is 173 Å². The first-order chi connectivity index (χ1) is 14.2. The van der Waals surface area contributed by atoms with Gasteiger partial charge in [0.05, 0.1) is 17.6 Å². The number of ether oxygens (including phenoxy) is 1. The maximum atomic E-state index is 12.6. The SMILES string of the molecule is COc1ccc(NC(=O)CN2C(=O)S/C(=C\c3ccc(C(F)(F)F)cc3)C2=O)cc1. The number of benzene rings is 2. The van der Waals surface area contributed by atoms with Crippen molar-refractivity contribution in [1.82, 2.24) is 4.90 Å². The molecule has 0 spiro atoms. The van der Waals surface area contributed by atoms with Crippen molar-refractivity contribution in [3.63, 3.8) is 0 Å². The van der Waals surface area contributed by atoms with Crippen LogP contribution in [0, 0.1) is 0 Å². The number of alkyl halides is 3. The van der Waals surface area contributed by atoms with Crippen LogP contribution in [0.15, 0.2) is 53.4 Å². The lowest BCUT2D eigenvalue weighted by atomic mass is 10.1. The van der Waals surface area contributed by atoms with Crippen LogP contribution in [0.5, 0.6) is 5.75 Å². The van der Waals surface area contributed by atoms with Crippen LogP contribution < -0.4 is 10.1 Å². The minimum Gasteiger partial charge on any atom is -0.497 e. The third-order valence-corrected chi connectivity index (χ3v) is 4.99. The van der Waals surface area contributed by atoms with Crippen molar-refractivity contribution >= 4 is 40.6 Å². The first kappa shape index (κ1) is 21.4. The number of imide groups is 1. The molecule has 0 atom stereocenters. The number of methoxy groups -OCH3 is 1. The number of hydrogen-bond donors (Lipinski definition) is 1. The van der Waals surface area contributed by atoms with Crippen LogP contribution >= 0.6 is 11.8 Å². The van der Waals surface area contributed by atoms with Crippen molar-refractivity contribution in [3.05, 3.63) is 64.6 Å². The Hall–Kier alpha value is -3.27. The van der Waals surface area contributed by atoms with Crippen LogP contribution in [0.1, 0.15) is 11.1 Å². The molecule has 6 nitrogen and oxygen atoms in total. The van der Waals surface area contributed by atoms with Crippen LogP contribution in [-0.2, 0) is 15.8 Å². The summed E-state index contributed by atoms with van der Waals surface area (Å²) in [5.74, 6) is -0.652. The van der Waals surface area contributed by atoms with Gasteiger partial charge in [0.25, 0.3) is 11.1 Å². The average Bonchev–Trinajstić information content (AvgIpc) is 2.95. The Morgan fingerprint density at radius 1 is 1.10 bits per heavy atom. The number of halogens is 3. The third kappa shape index (κ3) is 5.01. The smallest absolute Gasteiger partial charge is 0.416 e. The van der Waals surface area contributed by atoms with Crippen LogP contribution in [0.2, 0.25) is 0 Å². The molecular weight excluding hydrogens is 421 g/mol. The fourth-order valence-corrected chi connectivity index (χ4v) is 3.41. The number of rotatable bonds is 5. The van der Waals surface area contributed by atoms with Crippen LogP contribution in [0.4, 0.5) is 23.7 Å². The number of anilines is 1. The van der Waals surface area contributed by atoms with Crippen molar-refractivity contribution in [2.75, 3.05) is 19.0 Å². The molecule has 0 unspecified atom stereocenters. The molecule has 1 aliphatic rings. The van der Waals surface area contributed by atoms with Gasteiger partial charge in [-0.05, 0) is 59.8 Å². The van der Waals surface area contributed by atoms with Gasteiger partial charge in [-0.3, -0.25) is 19.3 Å². The largest absolute Gasteiger partial charge is 0.497 e. The van der Waals surface area contributed by atoms with E-state index in [1.54, 1.807) is 24.3 Å².